The number of piperidine rings is 1. The fourth-order valence-electron chi connectivity index (χ4n) is 3.43. The number of hydrogen-bond donors (Lipinski definition) is 1. The van der Waals surface area contributed by atoms with E-state index in [4.69, 9.17) is 14.7 Å². The summed E-state index contributed by atoms with van der Waals surface area (Å²) in [5.41, 5.74) is 1.14. The van der Waals surface area contributed by atoms with E-state index in [2.05, 4.69) is 11.4 Å². The normalized spacial score (nSPS) is 14.4. The van der Waals surface area contributed by atoms with Crippen LogP contribution in [0.15, 0.2) is 47.4 Å². The summed E-state index contributed by atoms with van der Waals surface area (Å²) >= 11 is 0. The van der Waals surface area contributed by atoms with Crippen LogP contribution in [-0.4, -0.2) is 44.9 Å². The van der Waals surface area contributed by atoms with E-state index in [9.17, 15) is 13.2 Å². The van der Waals surface area contributed by atoms with E-state index in [0.717, 1.165) is 24.8 Å². The topological polar surface area (TPSA) is 109 Å². The first kappa shape index (κ1) is 23.6. The first-order valence-electron chi connectivity index (χ1n) is 10.6. The molecule has 2 aromatic carbocycles. The number of sulfonamides is 1. The monoisotopic (exact) mass is 457 g/mol. The summed E-state index contributed by atoms with van der Waals surface area (Å²) in [6.07, 6.45) is 3.01. The molecule has 0 aliphatic carbocycles. The van der Waals surface area contributed by atoms with Crippen LogP contribution in [-0.2, 0) is 21.2 Å². The Morgan fingerprint density at radius 2 is 1.81 bits per heavy atom. The molecule has 1 fully saturated rings. The van der Waals surface area contributed by atoms with Gasteiger partial charge in [0.2, 0.25) is 10.0 Å². The van der Waals surface area contributed by atoms with Crippen LogP contribution in [0, 0.1) is 11.3 Å². The maximum atomic E-state index is 13.0. The third-order valence-corrected chi connectivity index (χ3v) is 6.95. The van der Waals surface area contributed by atoms with E-state index in [-0.39, 0.29) is 17.2 Å². The molecule has 2 aromatic rings. The number of ether oxygens (including phenoxy) is 2. The number of nitrogens with one attached hydrogen (secondary N) is 1. The molecule has 0 atom stereocenters. The average molecular weight is 458 g/mol. The van der Waals surface area contributed by atoms with Gasteiger partial charge in [0.15, 0.2) is 6.61 Å². The third kappa shape index (κ3) is 5.99. The predicted molar refractivity (Wildman–Crippen MR) is 120 cm³/mol. The van der Waals surface area contributed by atoms with E-state index >= 15 is 0 Å². The van der Waals surface area contributed by atoms with Crippen molar-refractivity contribution in [2.24, 2.45) is 0 Å². The molecule has 0 bridgehead atoms. The van der Waals surface area contributed by atoms with Gasteiger partial charge in [0.05, 0.1) is 29.7 Å². The van der Waals surface area contributed by atoms with Gasteiger partial charge in [-0.05, 0) is 55.7 Å². The molecular weight excluding hydrogens is 430 g/mol. The molecule has 1 saturated heterocycles. The molecule has 0 unspecified atom stereocenters. The lowest BCUT2D eigenvalue weighted by atomic mass is 10.2. The highest BCUT2D eigenvalue weighted by Crippen LogP contribution is 2.30. The molecule has 0 radical (unpaired) electrons. The first-order valence-corrected chi connectivity index (χ1v) is 12.0. The van der Waals surface area contributed by atoms with Crippen molar-refractivity contribution in [3.8, 4) is 17.6 Å². The Kier molecular flexibility index (Phi) is 8.09. The molecule has 0 spiro atoms. The summed E-state index contributed by atoms with van der Waals surface area (Å²) < 4.78 is 38.6. The lowest BCUT2D eigenvalue weighted by molar-refractivity contribution is -0.118. The van der Waals surface area contributed by atoms with Gasteiger partial charge in [0, 0.05) is 13.1 Å². The summed E-state index contributed by atoms with van der Waals surface area (Å²) in [5, 5.41) is 11.4. The largest absolute Gasteiger partial charge is 0.492 e. The zero-order valence-electron chi connectivity index (χ0n) is 18.0. The van der Waals surface area contributed by atoms with Gasteiger partial charge in [-0.2, -0.15) is 9.57 Å². The minimum absolute atomic E-state index is 0.118. The van der Waals surface area contributed by atoms with Crippen LogP contribution in [0.1, 0.15) is 31.7 Å². The Morgan fingerprint density at radius 3 is 2.47 bits per heavy atom. The maximum absolute atomic E-state index is 13.0. The van der Waals surface area contributed by atoms with E-state index in [1.54, 1.807) is 30.3 Å². The summed E-state index contributed by atoms with van der Waals surface area (Å²) in [6, 6.07) is 13.5. The summed E-state index contributed by atoms with van der Waals surface area (Å²) in [6.45, 7) is 2.92. The molecule has 3 rings (SSSR count). The number of benzene rings is 2. The van der Waals surface area contributed by atoms with Gasteiger partial charge in [0.1, 0.15) is 11.5 Å². The van der Waals surface area contributed by atoms with Gasteiger partial charge in [-0.3, -0.25) is 4.79 Å². The number of anilines is 1. The Balaban J connectivity index is 1.71. The highest BCUT2D eigenvalue weighted by Gasteiger charge is 2.27. The number of nitrogens with zero attached hydrogens (tertiary/aromatic N) is 2. The fourth-order valence-corrected chi connectivity index (χ4v) is 4.98. The van der Waals surface area contributed by atoms with Crippen LogP contribution in [0.25, 0.3) is 0 Å². The smallest absolute Gasteiger partial charge is 0.262 e. The Labute approximate surface area is 188 Å². The Bertz CT molecular complexity index is 1070. The van der Waals surface area contributed by atoms with Crippen molar-refractivity contribution in [2.75, 3.05) is 31.6 Å². The van der Waals surface area contributed by atoms with Crippen molar-refractivity contribution in [2.45, 2.75) is 37.5 Å². The molecule has 1 heterocycles. The van der Waals surface area contributed by atoms with Crippen LogP contribution in [0.5, 0.6) is 11.5 Å². The lowest BCUT2D eigenvalue weighted by Crippen LogP contribution is -2.35. The van der Waals surface area contributed by atoms with Crippen molar-refractivity contribution in [1.82, 2.24) is 4.31 Å². The molecule has 1 aliphatic heterocycles. The molecule has 1 aliphatic rings. The molecule has 0 aromatic heterocycles. The number of nitriles is 1. The van der Waals surface area contributed by atoms with Gasteiger partial charge >= 0.3 is 0 Å². The van der Waals surface area contributed by atoms with E-state index < -0.39 is 15.9 Å². The van der Waals surface area contributed by atoms with Crippen LogP contribution in [0.3, 0.4) is 0 Å². The van der Waals surface area contributed by atoms with Gasteiger partial charge in [-0.25, -0.2) is 8.42 Å². The second-order valence-electron chi connectivity index (χ2n) is 7.37. The van der Waals surface area contributed by atoms with Gasteiger partial charge in [0.25, 0.3) is 5.91 Å². The number of amides is 1. The van der Waals surface area contributed by atoms with Crippen LogP contribution in [0.4, 0.5) is 5.69 Å². The number of rotatable bonds is 9. The zero-order valence-corrected chi connectivity index (χ0v) is 18.9. The van der Waals surface area contributed by atoms with Crippen molar-refractivity contribution in [1.29, 1.82) is 5.26 Å². The van der Waals surface area contributed by atoms with Crippen molar-refractivity contribution >= 4 is 21.6 Å². The van der Waals surface area contributed by atoms with Gasteiger partial charge in [-0.1, -0.05) is 18.6 Å². The van der Waals surface area contributed by atoms with E-state index in [1.165, 1.54) is 16.4 Å². The van der Waals surface area contributed by atoms with Crippen molar-refractivity contribution in [3.63, 3.8) is 0 Å². The highest BCUT2D eigenvalue weighted by atomic mass is 32.2. The van der Waals surface area contributed by atoms with Crippen LogP contribution >= 0.6 is 0 Å². The van der Waals surface area contributed by atoms with Crippen molar-refractivity contribution < 1.29 is 22.7 Å². The van der Waals surface area contributed by atoms with E-state index in [1.807, 2.05) is 6.92 Å². The number of carbonyl (C=O) groups is 1. The Hall–Kier alpha value is -3.09. The SMILES string of the molecule is CCOc1ccc(S(=O)(=O)N2CCCCC2)cc1NC(=O)COc1ccc(CC#N)cc1. The average Bonchev–Trinajstić information content (AvgIpc) is 2.80. The zero-order chi connectivity index (χ0) is 23.0. The molecule has 1 amide bonds. The second-order valence-corrected chi connectivity index (χ2v) is 9.31. The molecule has 9 heteroatoms. The summed E-state index contributed by atoms with van der Waals surface area (Å²) in [7, 11) is -3.64. The molecule has 0 saturated carbocycles. The predicted octanol–water partition coefficient (Wildman–Crippen LogP) is 3.34. The standard InChI is InChI=1S/C23H27N3O5S/c1-2-30-22-11-10-20(32(28,29)26-14-4-3-5-15-26)16-21(22)25-23(27)17-31-19-8-6-18(7-9-19)12-13-24/h6-11,16H,2-5,12,14-15,17H2,1H3,(H,25,27). The molecule has 32 heavy (non-hydrogen) atoms. The quantitative estimate of drug-likeness (QED) is 0.619. The molecular formula is C23H27N3O5S. The molecule has 170 valence electrons. The van der Waals surface area contributed by atoms with Gasteiger partial charge < -0.3 is 14.8 Å². The molecule has 1 N–H and O–H groups in total. The van der Waals surface area contributed by atoms with E-state index in [0.29, 0.717) is 37.6 Å². The second kappa shape index (κ2) is 11.0. The fraction of sp³-hybridized carbons (Fsp3) is 0.391. The molecule has 8 nitrogen and oxygen atoms in total. The van der Waals surface area contributed by atoms with Crippen molar-refractivity contribution in [3.05, 3.63) is 48.0 Å². The number of hydrogen-bond acceptors (Lipinski definition) is 6. The lowest BCUT2D eigenvalue weighted by Gasteiger charge is -2.26. The summed E-state index contributed by atoms with van der Waals surface area (Å²) in [5.74, 6) is 0.437. The van der Waals surface area contributed by atoms with Crippen LogP contribution < -0.4 is 14.8 Å². The van der Waals surface area contributed by atoms with Crippen LogP contribution in [0.2, 0.25) is 0 Å². The third-order valence-electron chi connectivity index (χ3n) is 5.05. The minimum atomic E-state index is -3.64. The number of carbonyl (C=O) groups excluding carboxylic acids is 1. The first-order chi connectivity index (χ1) is 15.4. The Morgan fingerprint density at radius 1 is 1.09 bits per heavy atom. The minimum Gasteiger partial charge on any atom is -0.492 e. The maximum Gasteiger partial charge on any atom is 0.262 e. The highest BCUT2D eigenvalue weighted by molar-refractivity contribution is 7.89. The van der Waals surface area contributed by atoms with Gasteiger partial charge in [-0.15, -0.1) is 0 Å². The summed E-state index contributed by atoms with van der Waals surface area (Å²) in [4.78, 5) is 12.6.